The molecule has 1 N–H and O–H groups in total. The second kappa shape index (κ2) is 12.4. The number of amides is 2. The average Bonchev–Trinajstić information content (AvgIpc) is 2.96. The Morgan fingerprint density at radius 2 is 1.62 bits per heavy atom. The highest BCUT2D eigenvalue weighted by Gasteiger charge is 2.26. The summed E-state index contributed by atoms with van der Waals surface area (Å²) in [5.41, 5.74) is 3.07. The van der Waals surface area contributed by atoms with Crippen molar-refractivity contribution in [2.45, 2.75) is 51.3 Å². The molecule has 7 nitrogen and oxygen atoms in total. The van der Waals surface area contributed by atoms with Gasteiger partial charge in [0.25, 0.3) is 11.8 Å². The van der Waals surface area contributed by atoms with Gasteiger partial charge in [0.05, 0.1) is 5.56 Å². The highest BCUT2D eigenvalue weighted by atomic mass is 19.1. The molecule has 0 aliphatic carbocycles. The molecular formula is C31H35FN4O3. The third kappa shape index (κ3) is 7.20. The van der Waals surface area contributed by atoms with E-state index < -0.39 is 0 Å². The number of carbonyl (C=O) groups is 2. The van der Waals surface area contributed by atoms with Crippen LogP contribution < -0.4 is 10.1 Å². The lowest BCUT2D eigenvalue weighted by atomic mass is 10.0. The van der Waals surface area contributed by atoms with E-state index in [0.29, 0.717) is 24.3 Å². The van der Waals surface area contributed by atoms with Crippen molar-refractivity contribution in [3.8, 4) is 5.75 Å². The Kier molecular flexibility index (Phi) is 8.51. The number of aryl methyl sites for hydroxylation is 1. The van der Waals surface area contributed by atoms with E-state index in [0.717, 1.165) is 56.6 Å². The Labute approximate surface area is 229 Å². The number of nitrogens with one attached hydrogen (secondary N) is 1. The standard InChI is InChI=1S/C31H35FN4O3/c1-22-2-9-27(10-3-22)39-28-14-18-36(19-15-28)31(38)24-6-11-29(33-20-24)30(37)34-26-12-16-35(17-13-26)21-23-4-7-25(32)8-5-23/h2-11,20,26,28H,12-19,21H2,1H3,(H,34,37). The van der Waals surface area contributed by atoms with E-state index in [1.807, 2.05) is 48.2 Å². The van der Waals surface area contributed by atoms with Crippen LogP contribution in [0.5, 0.6) is 5.75 Å². The van der Waals surface area contributed by atoms with E-state index in [1.165, 1.54) is 23.9 Å². The maximum atomic E-state index is 13.1. The molecule has 204 valence electrons. The molecule has 2 amide bonds. The minimum Gasteiger partial charge on any atom is -0.490 e. The molecule has 0 radical (unpaired) electrons. The number of piperidine rings is 2. The van der Waals surface area contributed by atoms with Crippen LogP contribution in [-0.4, -0.2) is 64.9 Å². The first-order valence-corrected chi connectivity index (χ1v) is 13.7. The number of ether oxygens (including phenoxy) is 1. The number of hydrogen-bond donors (Lipinski definition) is 1. The molecule has 1 aromatic heterocycles. The zero-order chi connectivity index (χ0) is 27.2. The molecule has 0 unspecified atom stereocenters. The minimum atomic E-state index is -0.226. The molecule has 3 heterocycles. The van der Waals surface area contributed by atoms with Gasteiger partial charge in [-0.3, -0.25) is 19.5 Å². The van der Waals surface area contributed by atoms with Crippen LogP contribution in [0.3, 0.4) is 0 Å². The number of pyridine rings is 1. The molecule has 2 aliphatic heterocycles. The molecule has 0 bridgehead atoms. The number of rotatable bonds is 7. The van der Waals surface area contributed by atoms with E-state index in [4.69, 9.17) is 4.74 Å². The Bertz CT molecular complexity index is 1250. The SMILES string of the molecule is Cc1ccc(OC2CCN(C(=O)c3ccc(C(=O)NC4CCN(Cc5ccc(F)cc5)CC4)nc3)CC2)cc1. The van der Waals surface area contributed by atoms with Crippen molar-refractivity contribution in [2.24, 2.45) is 0 Å². The summed E-state index contributed by atoms with van der Waals surface area (Å²) in [7, 11) is 0. The highest BCUT2D eigenvalue weighted by molar-refractivity contribution is 5.96. The lowest BCUT2D eigenvalue weighted by molar-refractivity contribution is 0.0594. The predicted molar refractivity (Wildman–Crippen MR) is 147 cm³/mol. The highest BCUT2D eigenvalue weighted by Crippen LogP contribution is 2.21. The van der Waals surface area contributed by atoms with Gasteiger partial charge in [-0.15, -0.1) is 0 Å². The van der Waals surface area contributed by atoms with Gasteiger partial charge in [-0.2, -0.15) is 0 Å². The lowest BCUT2D eigenvalue weighted by Crippen LogP contribution is -2.44. The molecule has 3 aromatic rings. The molecule has 0 spiro atoms. The monoisotopic (exact) mass is 530 g/mol. The van der Waals surface area contributed by atoms with Crippen LogP contribution >= 0.6 is 0 Å². The minimum absolute atomic E-state index is 0.0724. The van der Waals surface area contributed by atoms with Gasteiger partial charge in [0, 0.05) is 57.8 Å². The molecule has 8 heteroatoms. The topological polar surface area (TPSA) is 74.8 Å². The first-order chi connectivity index (χ1) is 18.9. The average molecular weight is 531 g/mol. The van der Waals surface area contributed by atoms with E-state index in [9.17, 15) is 14.0 Å². The van der Waals surface area contributed by atoms with E-state index >= 15 is 0 Å². The number of nitrogens with zero attached hydrogens (tertiary/aromatic N) is 3. The number of aromatic nitrogens is 1. The second-order valence-electron chi connectivity index (χ2n) is 10.5. The zero-order valence-corrected chi connectivity index (χ0v) is 22.3. The molecule has 5 rings (SSSR count). The van der Waals surface area contributed by atoms with Gasteiger partial charge in [0.15, 0.2) is 0 Å². The summed E-state index contributed by atoms with van der Waals surface area (Å²) in [6, 6.07) is 18.0. The normalized spacial score (nSPS) is 17.1. The van der Waals surface area contributed by atoms with Crippen LogP contribution in [0.2, 0.25) is 0 Å². The van der Waals surface area contributed by atoms with Gasteiger partial charge < -0.3 is 15.0 Å². The molecule has 2 fully saturated rings. The van der Waals surface area contributed by atoms with Crippen LogP contribution in [0.25, 0.3) is 0 Å². The number of halogens is 1. The molecule has 2 aromatic carbocycles. The van der Waals surface area contributed by atoms with Crippen molar-refractivity contribution in [3.05, 3.63) is 95.1 Å². The number of carbonyl (C=O) groups excluding carboxylic acids is 2. The van der Waals surface area contributed by atoms with E-state index in [2.05, 4.69) is 15.2 Å². The van der Waals surface area contributed by atoms with Gasteiger partial charge in [-0.05, 0) is 61.7 Å². The predicted octanol–water partition coefficient (Wildman–Crippen LogP) is 4.61. The fourth-order valence-electron chi connectivity index (χ4n) is 5.17. The first kappa shape index (κ1) is 26.8. The van der Waals surface area contributed by atoms with Crippen molar-refractivity contribution < 1.29 is 18.7 Å². The fraction of sp³-hybridized carbons (Fsp3) is 0.387. The van der Waals surface area contributed by atoms with E-state index in [-0.39, 0.29) is 29.8 Å². The van der Waals surface area contributed by atoms with Gasteiger partial charge in [0.2, 0.25) is 0 Å². The van der Waals surface area contributed by atoms with Crippen molar-refractivity contribution in [3.63, 3.8) is 0 Å². The van der Waals surface area contributed by atoms with Gasteiger partial charge in [-0.25, -0.2) is 4.39 Å². The molecule has 2 saturated heterocycles. The summed E-state index contributed by atoms with van der Waals surface area (Å²) < 4.78 is 19.2. The van der Waals surface area contributed by atoms with Gasteiger partial charge in [0.1, 0.15) is 23.4 Å². The summed E-state index contributed by atoms with van der Waals surface area (Å²) >= 11 is 0. The largest absolute Gasteiger partial charge is 0.490 e. The number of likely N-dealkylation sites (tertiary alicyclic amines) is 2. The summed E-state index contributed by atoms with van der Waals surface area (Å²) in [6.45, 7) is 5.78. The number of benzene rings is 2. The zero-order valence-electron chi connectivity index (χ0n) is 22.3. The van der Waals surface area contributed by atoms with Crippen molar-refractivity contribution in [1.29, 1.82) is 0 Å². The smallest absolute Gasteiger partial charge is 0.270 e. The van der Waals surface area contributed by atoms with Crippen LogP contribution in [0.1, 0.15) is 57.7 Å². The molecule has 0 saturated carbocycles. The Morgan fingerprint density at radius 3 is 2.26 bits per heavy atom. The Hall–Kier alpha value is -3.78. The maximum absolute atomic E-state index is 13.1. The molecule has 2 aliphatic rings. The van der Waals surface area contributed by atoms with Crippen molar-refractivity contribution in [1.82, 2.24) is 20.1 Å². The summed E-state index contributed by atoms with van der Waals surface area (Å²) in [6.07, 6.45) is 4.82. The van der Waals surface area contributed by atoms with Crippen LogP contribution in [-0.2, 0) is 6.54 Å². The summed E-state index contributed by atoms with van der Waals surface area (Å²) in [5, 5.41) is 3.08. The van der Waals surface area contributed by atoms with Gasteiger partial charge >= 0.3 is 0 Å². The quantitative estimate of drug-likeness (QED) is 0.483. The third-order valence-corrected chi connectivity index (χ3v) is 7.54. The summed E-state index contributed by atoms with van der Waals surface area (Å²) in [4.78, 5) is 34.2. The Morgan fingerprint density at radius 1 is 0.923 bits per heavy atom. The molecule has 39 heavy (non-hydrogen) atoms. The maximum Gasteiger partial charge on any atom is 0.270 e. The lowest BCUT2D eigenvalue weighted by Gasteiger charge is -2.32. The molecular weight excluding hydrogens is 495 g/mol. The fourth-order valence-corrected chi connectivity index (χ4v) is 5.17. The third-order valence-electron chi connectivity index (χ3n) is 7.54. The summed E-state index contributed by atoms with van der Waals surface area (Å²) in [5.74, 6) is 0.339. The van der Waals surface area contributed by atoms with Crippen LogP contribution in [0, 0.1) is 12.7 Å². The second-order valence-corrected chi connectivity index (χ2v) is 10.5. The van der Waals surface area contributed by atoms with Crippen molar-refractivity contribution in [2.75, 3.05) is 26.2 Å². The molecule has 0 atom stereocenters. The van der Waals surface area contributed by atoms with Crippen molar-refractivity contribution >= 4 is 11.8 Å². The van der Waals surface area contributed by atoms with Gasteiger partial charge in [-0.1, -0.05) is 29.8 Å². The Balaban J connectivity index is 1.05. The van der Waals surface area contributed by atoms with Crippen LogP contribution in [0.4, 0.5) is 4.39 Å². The first-order valence-electron chi connectivity index (χ1n) is 13.7. The van der Waals surface area contributed by atoms with Crippen LogP contribution in [0.15, 0.2) is 66.9 Å². The number of hydrogen-bond acceptors (Lipinski definition) is 5. The van der Waals surface area contributed by atoms with E-state index in [1.54, 1.807) is 12.1 Å².